The molecular weight excluding hydrogens is 252 g/mol. The average molecular weight is 276 g/mol. The molecule has 0 aromatic carbocycles. The molecule has 4 heteroatoms. The van der Waals surface area contributed by atoms with Crippen molar-refractivity contribution in [2.24, 2.45) is 17.1 Å². The molecule has 1 aliphatic heterocycles. The van der Waals surface area contributed by atoms with E-state index in [0.29, 0.717) is 12.5 Å². The quantitative estimate of drug-likeness (QED) is 0.776. The van der Waals surface area contributed by atoms with Gasteiger partial charge in [-0.2, -0.15) is 0 Å². The summed E-state index contributed by atoms with van der Waals surface area (Å²) in [5.74, 6) is 0.235. The van der Waals surface area contributed by atoms with Gasteiger partial charge in [0.15, 0.2) is 0 Å². The number of hydrogen-bond acceptors (Lipinski definition) is 4. The number of nitrogens with two attached hydrogens (primary N) is 1. The molecule has 1 heterocycles. The van der Waals surface area contributed by atoms with Gasteiger partial charge in [0.25, 0.3) is 0 Å². The van der Waals surface area contributed by atoms with Crippen LogP contribution >= 0.6 is 0 Å². The molecule has 0 aromatic rings. The van der Waals surface area contributed by atoms with Crippen LogP contribution in [-0.4, -0.2) is 18.1 Å². The van der Waals surface area contributed by atoms with E-state index in [-0.39, 0.29) is 5.97 Å². The van der Waals surface area contributed by atoms with Gasteiger partial charge in [-0.3, -0.25) is 4.79 Å². The van der Waals surface area contributed by atoms with E-state index in [1.165, 1.54) is 0 Å². The van der Waals surface area contributed by atoms with Crippen LogP contribution in [0, 0.1) is 11.3 Å². The molecule has 0 spiro atoms. The maximum Gasteiger partial charge on any atom is 0.318 e. The summed E-state index contributed by atoms with van der Waals surface area (Å²) in [5, 5.41) is 3.21. The van der Waals surface area contributed by atoms with Crippen molar-refractivity contribution < 1.29 is 9.53 Å². The zero-order valence-electron chi connectivity index (χ0n) is 12.5. The van der Waals surface area contributed by atoms with Crippen molar-refractivity contribution in [2.75, 3.05) is 6.54 Å². The summed E-state index contributed by atoms with van der Waals surface area (Å²) >= 11 is 0. The van der Waals surface area contributed by atoms with E-state index in [0.717, 1.165) is 18.5 Å². The van der Waals surface area contributed by atoms with Crippen LogP contribution in [0.5, 0.6) is 0 Å². The molecule has 0 saturated heterocycles. The van der Waals surface area contributed by atoms with Crippen LogP contribution in [0.25, 0.3) is 0 Å². The zero-order chi connectivity index (χ0) is 14.8. The van der Waals surface area contributed by atoms with Crippen molar-refractivity contribution >= 4 is 5.97 Å². The molecule has 3 N–H and O–H groups in total. The van der Waals surface area contributed by atoms with E-state index in [1.807, 2.05) is 51.3 Å². The average Bonchev–Trinajstić information content (AvgIpc) is 2.55. The van der Waals surface area contributed by atoms with Gasteiger partial charge >= 0.3 is 5.97 Å². The molecule has 4 nitrogen and oxygen atoms in total. The fourth-order valence-corrected chi connectivity index (χ4v) is 2.72. The summed E-state index contributed by atoms with van der Waals surface area (Å²) in [6, 6.07) is 0. The van der Waals surface area contributed by atoms with Gasteiger partial charge in [0.05, 0.1) is 0 Å². The second-order valence-electron chi connectivity index (χ2n) is 6.56. The van der Waals surface area contributed by atoms with Crippen molar-refractivity contribution in [3.63, 3.8) is 0 Å². The molecule has 0 amide bonds. The number of esters is 1. The molecule has 1 fully saturated rings. The van der Waals surface area contributed by atoms with Gasteiger partial charge in [-0.15, -0.1) is 0 Å². The van der Waals surface area contributed by atoms with E-state index in [1.54, 1.807) is 0 Å². The maximum absolute atomic E-state index is 12.6. The Morgan fingerprint density at radius 1 is 1.40 bits per heavy atom. The highest BCUT2D eigenvalue weighted by molar-refractivity contribution is 5.82. The first-order valence-corrected chi connectivity index (χ1v) is 7.11. The summed E-state index contributed by atoms with van der Waals surface area (Å²) in [5.41, 5.74) is 5.58. The third kappa shape index (κ3) is 2.96. The fraction of sp³-hybridized carbons (Fsp3) is 0.562. The minimum atomic E-state index is -0.573. The summed E-state index contributed by atoms with van der Waals surface area (Å²) in [4.78, 5) is 12.6. The summed E-state index contributed by atoms with van der Waals surface area (Å²) < 4.78 is 5.62. The third-order valence-electron chi connectivity index (χ3n) is 3.73. The second kappa shape index (κ2) is 5.44. The number of ether oxygens (including phenoxy) is 1. The lowest BCUT2D eigenvalue weighted by Crippen LogP contribution is -2.52. The first kappa shape index (κ1) is 14.9. The van der Waals surface area contributed by atoms with Crippen LogP contribution in [0.1, 0.15) is 33.6 Å². The number of hydrogen-bond donors (Lipinski definition) is 2. The Kier molecular flexibility index (Phi) is 4.04. The van der Waals surface area contributed by atoms with Gasteiger partial charge in [0.1, 0.15) is 11.0 Å². The Balaban J connectivity index is 2.23. The molecule has 20 heavy (non-hydrogen) atoms. The summed E-state index contributed by atoms with van der Waals surface area (Å²) in [7, 11) is 0. The molecule has 0 atom stereocenters. The number of rotatable bonds is 3. The smallest absolute Gasteiger partial charge is 0.318 e. The summed E-state index contributed by atoms with van der Waals surface area (Å²) in [6.07, 6.45) is 11.1. The van der Waals surface area contributed by atoms with E-state index < -0.39 is 11.0 Å². The lowest BCUT2D eigenvalue weighted by molar-refractivity contribution is -0.173. The monoisotopic (exact) mass is 276 g/mol. The number of allylic oxidation sites excluding steroid dienone is 4. The molecule has 110 valence electrons. The van der Waals surface area contributed by atoms with Crippen LogP contribution in [-0.2, 0) is 9.53 Å². The molecule has 2 aliphatic rings. The third-order valence-corrected chi connectivity index (χ3v) is 3.73. The normalized spacial score (nSPS) is 29.0. The highest BCUT2D eigenvalue weighted by Crippen LogP contribution is 2.51. The number of nitrogens with one attached hydrogen (secondary N) is 1. The van der Waals surface area contributed by atoms with Crippen molar-refractivity contribution in [3.05, 3.63) is 36.2 Å². The topological polar surface area (TPSA) is 64.3 Å². The van der Waals surface area contributed by atoms with Gasteiger partial charge in [0, 0.05) is 11.9 Å². The van der Waals surface area contributed by atoms with Crippen molar-refractivity contribution in [1.29, 1.82) is 0 Å². The van der Waals surface area contributed by atoms with E-state index in [9.17, 15) is 4.79 Å². The molecule has 1 saturated carbocycles. The standard InChI is InChI=1S/C16H24N2O2/c1-15(2,3)20-14(19)16(9-12(10-16)11-17)13-7-5-4-6-8-18-13/h4-8,12,18H,9-11,17H2,1-3H3. The Morgan fingerprint density at radius 3 is 2.70 bits per heavy atom. The van der Waals surface area contributed by atoms with Crippen molar-refractivity contribution in [1.82, 2.24) is 5.32 Å². The first-order valence-electron chi connectivity index (χ1n) is 7.11. The second-order valence-corrected chi connectivity index (χ2v) is 6.56. The highest BCUT2D eigenvalue weighted by atomic mass is 16.6. The summed E-state index contributed by atoms with van der Waals surface area (Å²) in [6.45, 7) is 6.30. The van der Waals surface area contributed by atoms with Gasteiger partial charge in [-0.1, -0.05) is 12.2 Å². The van der Waals surface area contributed by atoms with E-state index in [4.69, 9.17) is 10.5 Å². The van der Waals surface area contributed by atoms with Crippen molar-refractivity contribution in [3.8, 4) is 0 Å². The van der Waals surface area contributed by atoms with Crippen LogP contribution in [0.2, 0.25) is 0 Å². The fourth-order valence-electron chi connectivity index (χ4n) is 2.72. The predicted molar refractivity (Wildman–Crippen MR) is 79.6 cm³/mol. The van der Waals surface area contributed by atoms with Gasteiger partial charge in [0.2, 0.25) is 0 Å². The van der Waals surface area contributed by atoms with Crippen LogP contribution < -0.4 is 11.1 Å². The SMILES string of the molecule is CC(C)(C)OC(=O)C1(C2=CC=CC=CN2)CC(CN)C1. The number of carbonyl (C=O) groups is 1. The molecule has 2 rings (SSSR count). The van der Waals surface area contributed by atoms with E-state index >= 15 is 0 Å². The van der Waals surface area contributed by atoms with Crippen LogP contribution in [0.15, 0.2) is 36.2 Å². The minimum absolute atomic E-state index is 0.155. The first-order chi connectivity index (χ1) is 9.37. The maximum atomic E-state index is 12.6. The number of carbonyl (C=O) groups excluding carboxylic acids is 1. The highest BCUT2D eigenvalue weighted by Gasteiger charge is 2.54. The molecule has 0 bridgehead atoms. The predicted octanol–water partition coefficient (Wildman–Crippen LogP) is 2.24. The van der Waals surface area contributed by atoms with Crippen LogP contribution in [0.4, 0.5) is 0 Å². The minimum Gasteiger partial charge on any atom is -0.459 e. The largest absolute Gasteiger partial charge is 0.459 e. The lowest BCUT2D eigenvalue weighted by atomic mass is 9.60. The molecule has 1 aliphatic carbocycles. The Labute approximate surface area is 120 Å². The van der Waals surface area contributed by atoms with E-state index in [2.05, 4.69) is 5.32 Å². The van der Waals surface area contributed by atoms with Crippen LogP contribution in [0.3, 0.4) is 0 Å². The molecule has 0 unspecified atom stereocenters. The Hall–Kier alpha value is -1.55. The lowest BCUT2D eigenvalue weighted by Gasteiger charge is -2.47. The van der Waals surface area contributed by atoms with Crippen molar-refractivity contribution in [2.45, 2.75) is 39.2 Å². The molecular formula is C16H24N2O2. The Morgan fingerprint density at radius 2 is 2.10 bits per heavy atom. The molecule has 0 aromatic heterocycles. The zero-order valence-corrected chi connectivity index (χ0v) is 12.5. The Bertz CT molecular complexity index is 463. The van der Waals surface area contributed by atoms with Gasteiger partial charge in [-0.25, -0.2) is 0 Å². The molecule has 0 radical (unpaired) electrons. The van der Waals surface area contributed by atoms with Gasteiger partial charge in [-0.05, 0) is 58.2 Å². The van der Waals surface area contributed by atoms with Gasteiger partial charge < -0.3 is 15.8 Å².